The summed E-state index contributed by atoms with van der Waals surface area (Å²) >= 11 is 1.92. The molecule has 3 nitrogen and oxygen atoms in total. The average molecular weight is 202 g/mol. The predicted molar refractivity (Wildman–Crippen MR) is 56.8 cm³/mol. The molecule has 0 aromatic rings. The van der Waals surface area contributed by atoms with E-state index in [1.165, 1.54) is 0 Å². The molecule has 1 atom stereocenters. The smallest absolute Gasteiger partial charge is 0.224 e. The van der Waals surface area contributed by atoms with Gasteiger partial charge in [0.15, 0.2) is 0 Å². The summed E-state index contributed by atoms with van der Waals surface area (Å²) in [6.45, 7) is 3.82. The van der Waals surface area contributed by atoms with Gasteiger partial charge in [0.1, 0.15) is 0 Å². The van der Waals surface area contributed by atoms with Crippen LogP contribution < -0.4 is 5.73 Å². The molecular weight excluding hydrogens is 184 g/mol. The first-order valence-electron chi connectivity index (χ1n) is 4.85. The Morgan fingerprint density at radius 3 is 2.69 bits per heavy atom. The lowest BCUT2D eigenvalue weighted by molar-refractivity contribution is -0.131. The molecule has 1 fully saturated rings. The summed E-state index contributed by atoms with van der Waals surface area (Å²) in [6.07, 6.45) is 1.40. The lowest BCUT2D eigenvalue weighted by atomic mass is 10.1. The van der Waals surface area contributed by atoms with Crippen molar-refractivity contribution in [2.75, 3.05) is 24.6 Å². The molecule has 76 valence electrons. The van der Waals surface area contributed by atoms with Gasteiger partial charge in [0.05, 0.1) is 0 Å². The van der Waals surface area contributed by atoms with Crippen molar-refractivity contribution in [3.63, 3.8) is 0 Å². The van der Waals surface area contributed by atoms with Gasteiger partial charge in [0.2, 0.25) is 5.91 Å². The standard InChI is InChI=1S/C9H18N2OS/c1-2-8(10)7-9(12)11-3-5-13-6-4-11/h8H,2-7,10H2,1H3. The summed E-state index contributed by atoms with van der Waals surface area (Å²) in [5.74, 6) is 2.38. The molecule has 0 aliphatic carbocycles. The number of thioether (sulfide) groups is 1. The van der Waals surface area contributed by atoms with Crippen molar-refractivity contribution in [1.29, 1.82) is 0 Å². The maximum absolute atomic E-state index is 11.6. The first-order chi connectivity index (χ1) is 6.24. The van der Waals surface area contributed by atoms with Crippen molar-refractivity contribution >= 4 is 17.7 Å². The maximum Gasteiger partial charge on any atom is 0.224 e. The fraction of sp³-hybridized carbons (Fsp3) is 0.889. The van der Waals surface area contributed by atoms with E-state index >= 15 is 0 Å². The van der Waals surface area contributed by atoms with Crippen molar-refractivity contribution < 1.29 is 4.79 Å². The van der Waals surface area contributed by atoms with Gasteiger partial charge in [0, 0.05) is 37.1 Å². The molecule has 0 aromatic heterocycles. The summed E-state index contributed by atoms with van der Waals surface area (Å²) in [5.41, 5.74) is 5.73. The fourth-order valence-electron chi connectivity index (χ4n) is 1.31. The molecule has 0 radical (unpaired) electrons. The van der Waals surface area contributed by atoms with Crippen molar-refractivity contribution in [1.82, 2.24) is 4.90 Å². The topological polar surface area (TPSA) is 46.3 Å². The third-order valence-electron chi connectivity index (χ3n) is 2.32. The van der Waals surface area contributed by atoms with Crippen LogP contribution in [0.4, 0.5) is 0 Å². The van der Waals surface area contributed by atoms with E-state index in [1.807, 2.05) is 23.6 Å². The molecule has 1 aliphatic rings. The zero-order chi connectivity index (χ0) is 9.68. The molecule has 0 bridgehead atoms. The second-order valence-corrected chi connectivity index (χ2v) is 4.59. The normalized spacial score (nSPS) is 20.0. The van der Waals surface area contributed by atoms with E-state index in [2.05, 4.69) is 0 Å². The second-order valence-electron chi connectivity index (χ2n) is 3.37. The molecule has 1 aliphatic heterocycles. The van der Waals surface area contributed by atoms with Crippen LogP contribution in [0.15, 0.2) is 0 Å². The Bertz CT molecular complexity index is 169. The highest BCUT2D eigenvalue weighted by Crippen LogP contribution is 2.10. The minimum absolute atomic E-state index is 0.0436. The number of carbonyl (C=O) groups excluding carboxylic acids is 1. The van der Waals surface area contributed by atoms with Crippen LogP contribution in [0.5, 0.6) is 0 Å². The summed E-state index contributed by atoms with van der Waals surface area (Å²) in [7, 11) is 0. The SMILES string of the molecule is CCC(N)CC(=O)N1CCSCC1. The number of nitrogens with two attached hydrogens (primary N) is 1. The lowest BCUT2D eigenvalue weighted by Crippen LogP contribution is -2.40. The van der Waals surface area contributed by atoms with E-state index in [9.17, 15) is 4.79 Å². The number of carbonyl (C=O) groups is 1. The zero-order valence-corrected chi connectivity index (χ0v) is 8.98. The number of amides is 1. The highest BCUT2D eigenvalue weighted by Gasteiger charge is 2.17. The number of hydrogen-bond acceptors (Lipinski definition) is 3. The van der Waals surface area contributed by atoms with Crippen LogP contribution in [-0.4, -0.2) is 41.4 Å². The first kappa shape index (κ1) is 10.9. The van der Waals surface area contributed by atoms with Gasteiger partial charge in [-0.3, -0.25) is 4.79 Å². The van der Waals surface area contributed by atoms with Gasteiger partial charge in [-0.2, -0.15) is 11.8 Å². The zero-order valence-electron chi connectivity index (χ0n) is 8.16. The molecule has 1 unspecified atom stereocenters. The Balaban J connectivity index is 2.29. The monoisotopic (exact) mass is 202 g/mol. The van der Waals surface area contributed by atoms with Crippen LogP contribution in [0.1, 0.15) is 19.8 Å². The minimum Gasteiger partial charge on any atom is -0.341 e. The van der Waals surface area contributed by atoms with Crippen LogP contribution in [0.25, 0.3) is 0 Å². The lowest BCUT2D eigenvalue weighted by Gasteiger charge is -2.27. The maximum atomic E-state index is 11.6. The highest BCUT2D eigenvalue weighted by atomic mass is 32.2. The molecule has 13 heavy (non-hydrogen) atoms. The molecule has 1 heterocycles. The highest BCUT2D eigenvalue weighted by molar-refractivity contribution is 7.99. The molecule has 0 spiro atoms. The third-order valence-corrected chi connectivity index (χ3v) is 3.27. The van der Waals surface area contributed by atoms with Gasteiger partial charge in [-0.25, -0.2) is 0 Å². The first-order valence-corrected chi connectivity index (χ1v) is 6.00. The van der Waals surface area contributed by atoms with Crippen LogP contribution in [0, 0.1) is 0 Å². The molecule has 0 aromatic carbocycles. The minimum atomic E-state index is 0.0436. The number of rotatable bonds is 3. The van der Waals surface area contributed by atoms with Gasteiger partial charge in [0.25, 0.3) is 0 Å². The number of hydrogen-bond donors (Lipinski definition) is 1. The molecule has 4 heteroatoms. The second kappa shape index (κ2) is 5.50. The molecular formula is C9H18N2OS. The Morgan fingerprint density at radius 1 is 1.54 bits per heavy atom. The summed E-state index contributed by atoms with van der Waals surface area (Å²) in [4.78, 5) is 13.5. The molecule has 1 saturated heterocycles. The summed E-state index contributed by atoms with van der Waals surface area (Å²) in [6, 6.07) is 0.0436. The van der Waals surface area contributed by atoms with Crippen LogP contribution in [0.2, 0.25) is 0 Å². The van der Waals surface area contributed by atoms with E-state index in [1.54, 1.807) is 0 Å². The Labute approximate surface area is 84.0 Å². The van der Waals surface area contributed by atoms with E-state index in [4.69, 9.17) is 5.73 Å². The Hall–Kier alpha value is -0.220. The largest absolute Gasteiger partial charge is 0.341 e. The van der Waals surface area contributed by atoms with E-state index in [0.717, 1.165) is 31.0 Å². The van der Waals surface area contributed by atoms with Gasteiger partial charge in [-0.15, -0.1) is 0 Å². The van der Waals surface area contributed by atoms with Crippen molar-refractivity contribution in [2.24, 2.45) is 5.73 Å². The van der Waals surface area contributed by atoms with Gasteiger partial charge < -0.3 is 10.6 Å². The van der Waals surface area contributed by atoms with Crippen LogP contribution in [0.3, 0.4) is 0 Å². The van der Waals surface area contributed by atoms with E-state index in [-0.39, 0.29) is 11.9 Å². The van der Waals surface area contributed by atoms with Gasteiger partial charge >= 0.3 is 0 Å². The van der Waals surface area contributed by atoms with E-state index < -0.39 is 0 Å². The van der Waals surface area contributed by atoms with Gasteiger partial charge in [-0.1, -0.05) is 6.92 Å². The van der Waals surface area contributed by atoms with Crippen LogP contribution >= 0.6 is 11.8 Å². The third kappa shape index (κ3) is 3.56. The van der Waals surface area contributed by atoms with Crippen molar-refractivity contribution in [3.8, 4) is 0 Å². The molecule has 1 amide bonds. The summed E-state index contributed by atoms with van der Waals surface area (Å²) < 4.78 is 0. The van der Waals surface area contributed by atoms with Crippen molar-refractivity contribution in [2.45, 2.75) is 25.8 Å². The van der Waals surface area contributed by atoms with Gasteiger partial charge in [-0.05, 0) is 6.42 Å². The number of nitrogens with zero attached hydrogens (tertiary/aromatic N) is 1. The molecule has 2 N–H and O–H groups in total. The Kier molecular flexibility index (Phi) is 4.59. The van der Waals surface area contributed by atoms with E-state index in [0.29, 0.717) is 6.42 Å². The van der Waals surface area contributed by atoms with Crippen molar-refractivity contribution in [3.05, 3.63) is 0 Å². The molecule has 0 saturated carbocycles. The quantitative estimate of drug-likeness (QED) is 0.732. The Morgan fingerprint density at radius 2 is 2.15 bits per heavy atom. The fourth-order valence-corrected chi connectivity index (χ4v) is 2.21. The molecule has 1 rings (SSSR count). The average Bonchev–Trinajstić information content (AvgIpc) is 2.19. The van der Waals surface area contributed by atoms with Crippen LogP contribution in [-0.2, 0) is 4.79 Å². The predicted octanol–water partition coefficient (Wildman–Crippen LogP) is 0.689. The summed E-state index contributed by atoms with van der Waals surface area (Å²) in [5, 5.41) is 0.